The van der Waals surface area contributed by atoms with Crippen LogP contribution < -0.4 is 0 Å². The van der Waals surface area contributed by atoms with Gasteiger partial charge in [-0.2, -0.15) is 4.31 Å². The van der Waals surface area contributed by atoms with Crippen LogP contribution >= 0.6 is 0 Å². The molecule has 1 amide bonds. The van der Waals surface area contributed by atoms with E-state index in [1.54, 1.807) is 11.8 Å². The first-order valence-electron chi connectivity index (χ1n) is 11.6. The number of sulfonamides is 1. The molecule has 2 saturated heterocycles. The normalized spacial score (nSPS) is 20.2. The summed E-state index contributed by atoms with van der Waals surface area (Å²) >= 11 is 0. The van der Waals surface area contributed by atoms with Crippen molar-refractivity contribution in [3.63, 3.8) is 0 Å². The number of amides is 1. The SMILES string of the molecule is Cc1cc(C)c(S(=O)(=O)N2CCC(C(=O)OC(C)C(=O)N3CCC(C)CC3)CC2)c(C)c1. The van der Waals surface area contributed by atoms with Crippen LogP contribution in [0.4, 0.5) is 0 Å². The summed E-state index contributed by atoms with van der Waals surface area (Å²) in [6.07, 6.45) is 1.92. The minimum absolute atomic E-state index is 0.143. The van der Waals surface area contributed by atoms with Crippen molar-refractivity contribution < 1.29 is 22.7 Å². The molecule has 0 aliphatic carbocycles. The second-order valence-corrected chi connectivity index (χ2v) is 11.4. The largest absolute Gasteiger partial charge is 0.452 e. The second kappa shape index (κ2) is 9.91. The van der Waals surface area contributed by atoms with E-state index in [-0.39, 0.29) is 19.0 Å². The first kappa shape index (κ1) is 24.7. The van der Waals surface area contributed by atoms with Crippen molar-refractivity contribution in [2.45, 2.75) is 71.3 Å². The molecule has 1 unspecified atom stereocenters. The summed E-state index contributed by atoms with van der Waals surface area (Å²) in [5, 5.41) is 0. The van der Waals surface area contributed by atoms with Crippen molar-refractivity contribution in [1.29, 1.82) is 0 Å². The average Bonchev–Trinajstić information content (AvgIpc) is 2.72. The molecule has 3 rings (SSSR count). The predicted molar refractivity (Wildman–Crippen MR) is 123 cm³/mol. The monoisotopic (exact) mass is 464 g/mol. The molecule has 2 aliphatic rings. The number of aryl methyl sites for hydroxylation is 3. The Morgan fingerprint density at radius 2 is 1.50 bits per heavy atom. The molecule has 0 radical (unpaired) electrons. The van der Waals surface area contributed by atoms with Crippen LogP contribution in [0.1, 0.15) is 56.2 Å². The van der Waals surface area contributed by atoms with E-state index in [9.17, 15) is 18.0 Å². The van der Waals surface area contributed by atoms with E-state index in [0.717, 1.165) is 29.5 Å². The molecule has 0 aromatic heterocycles. The number of carbonyl (C=O) groups is 2. The Kier molecular flexibility index (Phi) is 7.65. The third kappa shape index (κ3) is 5.34. The molecule has 8 heteroatoms. The Balaban J connectivity index is 1.57. The Morgan fingerprint density at radius 3 is 2.03 bits per heavy atom. The van der Waals surface area contributed by atoms with E-state index in [1.165, 1.54) is 4.31 Å². The molecule has 2 fully saturated rings. The number of rotatable bonds is 5. The van der Waals surface area contributed by atoms with Gasteiger partial charge in [0, 0.05) is 26.2 Å². The molecule has 178 valence electrons. The van der Waals surface area contributed by atoms with E-state index >= 15 is 0 Å². The van der Waals surface area contributed by atoms with Gasteiger partial charge in [0.1, 0.15) is 0 Å². The topological polar surface area (TPSA) is 84.0 Å². The number of esters is 1. The Morgan fingerprint density at radius 1 is 0.969 bits per heavy atom. The molecule has 0 spiro atoms. The lowest BCUT2D eigenvalue weighted by atomic mass is 9.98. The lowest BCUT2D eigenvalue weighted by Crippen LogP contribution is -2.45. The zero-order valence-corrected chi connectivity index (χ0v) is 20.7. The summed E-state index contributed by atoms with van der Waals surface area (Å²) in [5.41, 5.74) is 2.51. The zero-order valence-electron chi connectivity index (χ0n) is 19.9. The molecule has 1 atom stereocenters. The van der Waals surface area contributed by atoms with Crippen molar-refractivity contribution in [2.24, 2.45) is 11.8 Å². The van der Waals surface area contributed by atoms with E-state index < -0.39 is 28.0 Å². The van der Waals surface area contributed by atoms with Crippen molar-refractivity contribution in [1.82, 2.24) is 9.21 Å². The van der Waals surface area contributed by atoms with Gasteiger partial charge in [-0.05, 0) is 70.4 Å². The van der Waals surface area contributed by atoms with Crippen LogP contribution in [0, 0.1) is 32.6 Å². The lowest BCUT2D eigenvalue weighted by Gasteiger charge is -2.33. The summed E-state index contributed by atoms with van der Waals surface area (Å²) in [5.74, 6) is -0.323. The smallest absolute Gasteiger partial charge is 0.309 e. The molecular weight excluding hydrogens is 428 g/mol. The van der Waals surface area contributed by atoms with Crippen molar-refractivity contribution in [3.8, 4) is 0 Å². The van der Waals surface area contributed by atoms with Gasteiger partial charge in [0.05, 0.1) is 10.8 Å². The van der Waals surface area contributed by atoms with Crippen molar-refractivity contribution in [3.05, 3.63) is 28.8 Å². The summed E-state index contributed by atoms with van der Waals surface area (Å²) in [6, 6.07) is 3.76. The van der Waals surface area contributed by atoms with Crippen LogP contribution in [0.25, 0.3) is 0 Å². The summed E-state index contributed by atoms with van der Waals surface area (Å²) in [6.45, 7) is 11.3. The predicted octanol–water partition coefficient (Wildman–Crippen LogP) is 3.20. The molecular formula is C24H36N2O5S. The molecule has 2 heterocycles. The highest BCUT2D eigenvalue weighted by atomic mass is 32.2. The standard InChI is InChI=1S/C24H36N2O5S/c1-16-6-10-25(11-7-16)23(27)20(5)31-24(28)21-8-12-26(13-9-21)32(29,30)22-18(3)14-17(2)15-19(22)4/h14-16,20-21H,6-13H2,1-5H3. The van der Waals surface area contributed by atoms with Crippen molar-refractivity contribution in [2.75, 3.05) is 26.2 Å². The highest BCUT2D eigenvalue weighted by molar-refractivity contribution is 7.89. The lowest BCUT2D eigenvalue weighted by molar-refractivity contribution is -0.164. The second-order valence-electron chi connectivity index (χ2n) is 9.49. The number of piperidine rings is 2. The molecule has 2 aliphatic heterocycles. The van der Waals surface area contributed by atoms with E-state index in [2.05, 4.69) is 6.92 Å². The maximum Gasteiger partial charge on any atom is 0.309 e. The number of carbonyl (C=O) groups excluding carboxylic acids is 2. The summed E-state index contributed by atoms with van der Waals surface area (Å²) in [4.78, 5) is 27.4. The fraction of sp³-hybridized carbons (Fsp3) is 0.667. The summed E-state index contributed by atoms with van der Waals surface area (Å²) in [7, 11) is -3.62. The fourth-order valence-electron chi connectivity index (χ4n) is 4.84. The van der Waals surface area contributed by atoms with Gasteiger partial charge in [-0.15, -0.1) is 0 Å². The van der Waals surface area contributed by atoms with Crippen LogP contribution in [-0.4, -0.2) is 61.8 Å². The van der Waals surface area contributed by atoms with E-state index in [1.807, 2.05) is 32.9 Å². The van der Waals surface area contributed by atoms with Crippen molar-refractivity contribution >= 4 is 21.9 Å². The minimum atomic E-state index is -3.62. The van der Waals surface area contributed by atoms with Gasteiger partial charge in [0.2, 0.25) is 10.0 Å². The fourth-order valence-corrected chi connectivity index (χ4v) is 6.72. The third-order valence-electron chi connectivity index (χ3n) is 6.73. The number of nitrogens with zero attached hydrogens (tertiary/aromatic N) is 2. The van der Waals surface area contributed by atoms with Crippen LogP contribution in [0.15, 0.2) is 17.0 Å². The Labute approximate surface area is 192 Å². The van der Waals surface area contributed by atoms with Gasteiger partial charge in [0.25, 0.3) is 5.91 Å². The molecule has 0 saturated carbocycles. The quantitative estimate of drug-likeness (QED) is 0.625. The van der Waals surface area contributed by atoms with Crippen LogP contribution in [0.5, 0.6) is 0 Å². The maximum atomic E-state index is 13.2. The molecule has 7 nitrogen and oxygen atoms in total. The number of benzene rings is 1. The highest BCUT2D eigenvalue weighted by Crippen LogP contribution is 2.29. The van der Waals surface area contributed by atoms with Gasteiger partial charge in [-0.3, -0.25) is 9.59 Å². The van der Waals surface area contributed by atoms with E-state index in [4.69, 9.17) is 4.74 Å². The van der Waals surface area contributed by atoms with Crippen LogP contribution in [-0.2, 0) is 24.3 Å². The Bertz CT molecular complexity index is 936. The van der Waals surface area contributed by atoms with Crippen LogP contribution in [0.2, 0.25) is 0 Å². The molecule has 0 N–H and O–H groups in total. The average molecular weight is 465 g/mol. The number of ether oxygens (including phenoxy) is 1. The first-order chi connectivity index (χ1) is 15.0. The highest BCUT2D eigenvalue weighted by Gasteiger charge is 2.36. The summed E-state index contributed by atoms with van der Waals surface area (Å²) < 4.78 is 33.4. The van der Waals surface area contributed by atoms with Gasteiger partial charge in [-0.1, -0.05) is 24.6 Å². The van der Waals surface area contributed by atoms with Gasteiger partial charge < -0.3 is 9.64 Å². The Hall–Kier alpha value is -1.93. The minimum Gasteiger partial charge on any atom is -0.452 e. The molecule has 1 aromatic rings. The number of hydrogen-bond donors (Lipinski definition) is 0. The maximum absolute atomic E-state index is 13.2. The molecule has 1 aromatic carbocycles. The zero-order chi connectivity index (χ0) is 23.6. The number of hydrogen-bond acceptors (Lipinski definition) is 5. The van der Waals surface area contributed by atoms with Crippen LogP contribution in [0.3, 0.4) is 0 Å². The van der Waals surface area contributed by atoms with Gasteiger partial charge in [0.15, 0.2) is 6.10 Å². The van der Waals surface area contributed by atoms with Gasteiger partial charge in [-0.25, -0.2) is 8.42 Å². The first-order valence-corrected chi connectivity index (χ1v) is 13.0. The number of likely N-dealkylation sites (tertiary alicyclic amines) is 1. The van der Waals surface area contributed by atoms with E-state index in [0.29, 0.717) is 36.7 Å². The third-order valence-corrected chi connectivity index (χ3v) is 8.93. The molecule has 0 bridgehead atoms. The molecule has 32 heavy (non-hydrogen) atoms. The van der Waals surface area contributed by atoms with Gasteiger partial charge >= 0.3 is 5.97 Å².